The summed E-state index contributed by atoms with van der Waals surface area (Å²) in [6, 6.07) is 13.1. The van der Waals surface area contributed by atoms with Crippen LogP contribution in [0.5, 0.6) is 0 Å². The molecule has 5 heteroatoms. The zero-order valence-electron chi connectivity index (χ0n) is 11.9. The second-order valence-electron chi connectivity index (χ2n) is 5.15. The third-order valence-corrected chi connectivity index (χ3v) is 3.78. The third kappa shape index (κ3) is 1.87. The number of pyridine rings is 1. The molecule has 22 heavy (non-hydrogen) atoms. The first-order valence-electron chi connectivity index (χ1n) is 6.89. The van der Waals surface area contributed by atoms with E-state index < -0.39 is 0 Å². The molecule has 0 saturated heterocycles. The number of hydrogen-bond acceptors (Lipinski definition) is 4. The molecule has 0 amide bonds. The Bertz CT molecular complexity index is 1060. The maximum atomic E-state index is 9.24. The van der Waals surface area contributed by atoms with Crippen LogP contribution in [0.2, 0.25) is 0 Å². The first-order chi connectivity index (χ1) is 10.8. The van der Waals surface area contributed by atoms with Crippen LogP contribution in [-0.2, 0) is 7.05 Å². The van der Waals surface area contributed by atoms with Gasteiger partial charge in [-0.1, -0.05) is 17.3 Å². The van der Waals surface area contributed by atoms with E-state index in [4.69, 9.17) is 4.42 Å². The Balaban J connectivity index is 1.99. The fourth-order valence-electron chi connectivity index (χ4n) is 2.63. The van der Waals surface area contributed by atoms with Crippen molar-refractivity contribution in [3.05, 3.63) is 60.2 Å². The minimum Gasteiger partial charge on any atom is -0.454 e. The minimum atomic E-state index is 0.465. The average molecular weight is 291 g/mol. The first-order valence-corrected chi connectivity index (χ1v) is 6.89. The summed E-state index contributed by atoms with van der Waals surface area (Å²) in [5.41, 5.74) is 2.41. The largest absolute Gasteiger partial charge is 0.454 e. The van der Waals surface area contributed by atoms with Gasteiger partial charge in [-0.05, 0) is 24.3 Å². The fraction of sp³-hybridized carbons (Fsp3) is 0.0588. The minimum absolute atomic E-state index is 0.465. The van der Waals surface area contributed by atoms with Gasteiger partial charge in [-0.25, -0.2) is 0 Å². The van der Waals surface area contributed by atoms with E-state index >= 15 is 0 Å². The van der Waals surface area contributed by atoms with E-state index in [-0.39, 0.29) is 0 Å². The molecule has 0 saturated carbocycles. The van der Waals surface area contributed by atoms with Gasteiger partial charge in [-0.2, -0.15) is 0 Å². The Hall–Kier alpha value is -3.08. The monoisotopic (exact) mass is 291 g/mol. The molecule has 1 N–H and O–H groups in total. The molecule has 0 aliphatic carbocycles. The Labute approximate surface area is 125 Å². The van der Waals surface area contributed by atoms with E-state index in [2.05, 4.69) is 10.1 Å². The zero-order chi connectivity index (χ0) is 15.1. The van der Waals surface area contributed by atoms with Crippen LogP contribution in [0.25, 0.3) is 33.3 Å². The van der Waals surface area contributed by atoms with Crippen molar-refractivity contribution in [3.8, 4) is 11.5 Å². The Morgan fingerprint density at radius 2 is 2.05 bits per heavy atom. The Morgan fingerprint density at radius 3 is 2.91 bits per heavy atom. The molecule has 0 spiro atoms. The molecule has 1 aromatic carbocycles. The highest BCUT2D eigenvalue weighted by Gasteiger charge is 2.09. The van der Waals surface area contributed by atoms with Crippen molar-refractivity contribution in [3.63, 3.8) is 0 Å². The molecule has 108 valence electrons. The van der Waals surface area contributed by atoms with Crippen LogP contribution in [0.1, 0.15) is 0 Å². The van der Waals surface area contributed by atoms with E-state index in [0.29, 0.717) is 22.4 Å². The lowest BCUT2D eigenvalue weighted by molar-refractivity contribution is 0.302. The van der Waals surface area contributed by atoms with Crippen molar-refractivity contribution in [2.24, 2.45) is 12.2 Å². The topological polar surface area (TPSA) is 63.5 Å². The molecule has 0 atom stereocenters. The van der Waals surface area contributed by atoms with Gasteiger partial charge in [0.1, 0.15) is 16.6 Å². The maximum Gasteiger partial charge on any atom is 0.155 e. The summed E-state index contributed by atoms with van der Waals surface area (Å²) in [6.07, 6.45) is 3.80. The SMILES string of the molecule is Cn1ccc2cc(-c3c/c(=N\O)c4ccccc4o3)ncc21. The van der Waals surface area contributed by atoms with Gasteiger partial charge in [0.05, 0.1) is 11.7 Å². The number of fused-ring (bicyclic) bond motifs is 2. The summed E-state index contributed by atoms with van der Waals surface area (Å²) >= 11 is 0. The summed E-state index contributed by atoms with van der Waals surface area (Å²) in [7, 11) is 1.98. The summed E-state index contributed by atoms with van der Waals surface area (Å²) < 4.78 is 7.92. The van der Waals surface area contributed by atoms with Crippen molar-refractivity contribution >= 4 is 21.9 Å². The van der Waals surface area contributed by atoms with Gasteiger partial charge >= 0.3 is 0 Å². The molecule has 0 aliphatic heterocycles. The molecular formula is C17H13N3O2. The third-order valence-electron chi connectivity index (χ3n) is 3.78. The van der Waals surface area contributed by atoms with Crippen molar-refractivity contribution in [2.45, 2.75) is 0 Å². The number of para-hydroxylation sites is 1. The van der Waals surface area contributed by atoms with E-state index in [1.54, 1.807) is 6.07 Å². The maximum absolute atomic E-state index is 9.24. The van der Waals surface area contributed by atoms with Crippen LogP contribution in [-0.4, -0.2) is 14.8 Å². The second-order valence-corrected chi connectivity index (χ2v) is 5.15. The number of hydrogen-bond donors (Lipinski definition) is 1. The van der Waals surface area contributed by atoms with Crippen LogP contribution in [0.4, 0.5) is 0 Å². The molecule has 4 aromatic rings. The lowest BCUT2D eigenvalue weighted by Crippen LogP contribution is -2.03. The molecule has 3 heterocycles. The lowest BCUT2D eigenvalue weighted by Gasteiger charge is -2.04. The predicted octanol–water partition coefficient (Wildman–Crippen LogP) is 3.28. The summed E-state index contributed by atoms with van der Waals surface area (Å²) in [5.74, 6) is 0.567. The quantitative estimate of drug-likeness (QED) is 0.432. The molecule has 3 aromatic heterocycles. The number of rotatable bonds is 1. The highest BCUT2D eigenvalue weighted by atomic mass is 16.4. The van der Waals surface area contributed by atoms with E-state index in [0.717, 1.165) is 16.3 Å². The number of nitrogens with zero attached hydrogens (tertiary/aromatic N) is 3. The number of aryl methyl sites for hydroxylation is 1. The van der Waals surface area contributed by atoms with Crippen molar-refractivity contribution in [2.75, 3.05) is 0 Å². The second kappa shape index (κ2) is 4.73. The molecule has 0 unspecified atom stereocenters. The van der Waals surface area contributed by atoms with Crippen LogP contribution < -0.4 is 5.36 Å². The number of aromatic nitrogens is 2. The highest BCUT2D eigenvalue weighted by Crippen LogP contribution is 2.24. The molecule has 5 nitrogen and oxygen atoms in total. The van der Waals surface area contributed by atoms with E-state index in [9.17, 15) is 5.21 Å². The van der Waals surface area contributed by atoms with Gasteiger partial charge in [0.25, 0.3) is 0 Å². The van der Waals surface area contributed by atoms with Crippen LogP contribution in [0.15, 0.2) is 64.4 Å². The van der Waals surface area contributed by atoms with Crippen molar-refractivity contribution in [1.82, 2.24) is 9.55 Å². The smallest absolute Gasteiger partial charge is 0.155 e. The van der Waals surface area contributed by atoms with Gasteiger partial charge in [0.15, 0.2) is 5.76 Å². The molecule has 0 radical (unpaired) electrons. The molecule has 4 rings (SSSR count). The van der Waals surface area contributed by atoms with Crippen LogP contribution in [0, 0.1) is 0 Å². The highest BCUT2D eigenvalue weighted by molar-refractivity contribution is 5.83. The van der Waals surface area contributed by atoms with Gasteiger partial charge < -0.3 is 14.2 Å². The van der Waals surface area contributed by atoms with Gasteiger partial charge in [0.2, 0.25) is 0 Å². The normalized spacial score (nSPS) is 12.3. The Morgan fingerprint density at radius 1 is 1.18 bits per heavy atom. The van der Waals surface area contributed by atoms with Crippen molar-refractivity contribution < 1.29 is 9.62 Å². The van der Waals surface area contributed by atoms with Crippen LogP contribution in [0.3, 0.4) is 0 Å². The molecular weight excluding hydrogens is 278 g/mol. The Kier molecular flexibility index (Phi) is 2.72. The summed E-state index contributed by atoms with van der Waals surface area (Å²) in [6.45, 7) is 0. The van der Waals surface area contributed by atoms with Gasteiger partial charge in [-0.15, -0.1) is 0 Å². The zero-order valence-corrected chi connectivity index (χ0v) is 11.9. The predicted molar refractivity (Wildman–Crippen MR) is 83.3 cm³/mol. The standard InChI is InChI=1S/C17H13N3O2/c1-20-7-6-11-8-14(18-10-15(11)20)17-9-13(19-21)12-4-2-3-5-16(12)22-17/h2-10,21H,1H3/b19-13+. The molecule has 0 aliphatic rings. The first kappa shape index (κ1) is 12.6. The van der Waals surface area contributed by atoms with E-state index in [1.165, 1.54) is 0 Å². The van der Waals surface area contributed by atoms with Gasteiger partial charge in [0, 0.05) is 30.1 Å². The molecule has 0 bridgehead atoms. The van der Waals surface area contributed by atoms with Gasteiger partial charge in [-0.3, -0.25) is 4.98 Å². The van der Waals surface area contributed by atoms with E-state index in [1.807, 2.05) is 60.4 Å². The molecule has 0 fully saturated rings. The van der Waals surface area contributed by atoms with Crippen molar-refractivity contribution in [1.29, 1.82) is 0 Å². The lowest BCUT2D eigenvalue weighted by atomic mass is 10.2. The number of benzene rings is 1. The fourth-order valence-corrected chi connectivity index (χ4v) is 2.63. The summed E-state index contributed by atoms with van der Waals surface area (Å²) in [4.78, 5) is 4.45. The van der Waals surface area contributed by atoms with Crippen LogP contribution >= 0.6 is 0 Å². The summed E-state index contributed by atoms with van der Waals surface area (Å²) in [5, 5.41) is 14.9. The average Bonchev–Trinajstić information content (AvgIpc) is 2.94.